The van der Waals surface area contributed by atoms with Crippen molar-refractivity contribution in [3.05, 3.63) is 24.3 Å². The van der Waals surface area contributed by atoms with Gasteiger partial charge in [-0.2, -0.15) is 0 Å². The van der Waals surface area contributed by atoms with Crippen molar-refractivity contribution in [1.29, 1.82) is 0 Å². The van der Waals surface area contributed by atoms with Crippen LogP contribution in [0.1, 0.15) is 20.8 Å². The molecular formula is C13H20N2O2. The first-order valence-corrected chi connectivity index (χ1v) is 5.76. The lowest BCUT2D eigenvalue weighted by Crippen LogP contribution is -2.38. The number of ether oxygens (including phenoxy) is 1. The Morgan fingerprint density at radius 1 is 1.41 bits per heavy atom. The molecule has 1 atom stereocenters. The first kappa shape index (κ1) is 13.4. The zero-order valence-corrected chi connectivity index (χ0v) is 10.6. The molecule has 0 radical (unpaired) electrons. The molecule has 1 unspecified atom stereocenters. The molecule has 0 fully saturated rings. The number of amides is 1. The summed E-state index contributed by atoms with van der Waals surface area (Å²) < 4.78 is 5.34. The van der Waals surface area contributed by atoms with Crippen molar-refractivity contribution in [3.63, 3.8) is 0 Å². The molecule has 1 rings (SSSR count). The number of hydrogen-bond donors (Lipinski definition) is 2. The molecule has 0 spiro atoms. The van der Waals surface area contributed by atoms with Crippen LogP contribution in [-0.2, 0) is 4.79 Å². The summed E-state index contributed by atoms with van der Waals surface area (Å²) in [6.45, 7) is 6.11. The molecule has 3 N–H and O–H groups in total. The van der Waals surface area contributed by atoms with E-state index in [1.54, 1.807) is 24.3 Å². The smallest absolute Gasteiger partial charge is 0.258 e. The van der Waals surface area contributed by atoms with Gasteiger partial charge in [0, 0.05) is 17.8 Å². The minimum Gasteiger partial charge on any atom is -0.484 e. The predicted octanol–water partition coefficient (Wildman–Crippen LogP) is 1.81. The molecule has 0 aliphatic heterocycles. The van der Waals surface area contributed by atoms with Gasteiger partial charge in [-0.25, -0.2) is 0 Å². The fourth-order valence-corrected chi connectivity index (χ4v) is 1.22. The molecule has 94 valence electrons. The van der Waals surface area contributed by atoms with Crippen molar-refractivity contribution in [2.45, 2.75) is 26.8 Å². The lowest BCUT2D eigenvalue weighted by Gasteiger charge is -2.17. The summed E-state index contributed by atoms with van der Waals surface area (Å²) >= 11 is 0. The molecule has 4 nitrogen and oxygen atoms in total. The van der Waals surface area contributed by atoms with E-state index in [1.165, 1.54) is 0 Å². The van der Waals surface area contributed by atoms with Crippen LogP contribution in [0.2, 0.25) is 0 Å². The highest BCUT2D eigenvalue weighted by Crippen LogP contribution is 2.14. The number of nitrogens with one attached hydrogen (secondary N) is 1. The van der Waals surface area contributed by atoms with E-state index in [-0.39, 0.29) is 18.6 Å². The Balaban J connectivity index is 2.38. The fourth-order valence-electron chi connectivity index (χ4n) is 1.22. The number of benzene rings is 1. The van der Waals surface area contributed by atoms with E-state index in [9.17, 15) is 4.79 Å². The Hall–Kier alpha value is -1.71. The zero-order chi connectivity index (χ0) is 12.8. The molecule has 1 aromatic carbocycles. The summed E-state index contributed by atoms with van der Waals surface area (Å²) in [4.78, 5) is 11.5. The molecule has 0 aromatic heterocycles. The summed E-state index contributed by atoms with van der Waals surface area (Å²) in [5.41, 5.74) is 6.23. The Kier molecular flexibility index (Phi) is 4.82. The third-order valence-electron chi connectivity index (χ3n) is 2.62. The first-order valence-electron chi connectivity index (χ1n) is 5.76. The standard InChI is InChI=1S/C13H20N2O2/c1-9(2)10(3)15-13(16)8-17-12-6-4-5-11(14)7-12/h4-7,9-10H,8,14H2,1-3H3,(H,15,16). The van der Waals surface area contributed by atoms with E-state index in [4.69, 9.17) is 10.5 Å². The molecular weight excluding hydrogens is 216 g/mol. The van der Waals surface area contributed by atoms with Crippen LogP contribution in [-0.4, -0.2) is 18.6 Å². The van der Waals surface area contributed by atoms with Gasteiger partial charge in [0.05, 0.1) is 0 Å². The average molecular weight is 236 g/mol. The number of carbonyl (C=O) groups is 1. The molecule has 0 bridgehead atoms. The molecule has 0 aliphatic carbocycles. The van der Waals surface area contributed by atoms with Gasteiger partial charge in [-0.05, 0) is 25.0 Å². The molecule has 0 saturated carbocycles. The van der Waals surface area contributed by atoms with Crippen LogP contribution in [0.3, 0.4) is 0 Å². The van der Waals surface area contributed by atoms with Crippen LogP contribution in [0, 0.1) is 5.92 Å². The number of nitrogen functional groups attached to an aromatic ring is 1. The Bertz CT molecular complexity index is 377. The van der Waals surface area contributed by atoms with Crippen LogP contribution >= 0.6 is 0 Å². The average Bonchev–Trinajstić information content (AvgIpc) is 2.26. The largest absolute Gasteiger partial charge is 0.484 e. The van der Waals surface area contributed by atoms with Crippen molar-refractivity contribution in [3.8, 4) is 5.75 Å². The van der Waals surface area contributed by atoms with Gasteiger partial charge in [0.25, 0.3) is 5.91 Å². The van der Waals surface area contributed by atoms with Crippen LogP contribution in [0.15, 0.2) is 24.3 Å². The van der Waals surface area contributed by atoms with Crippen molar-refractivity contribution in [2.24, 2.45) is 5.92 Å². The Morgan fingerprint density at radius 2 is 2.12 bits per heavy atom. The highest BCUT2D eigenvalue weighted by atomic mass is 16.5. The van der Waals surface area contributed by atoms with E-state index in [0.717, 1.165) is 0 Å². The molecule has 4 heteroatoms. The second kappa shape index (κ2) is 6.13. The summed E-state index contributed by atoms with van der Waals surface area (Å²) in [5.74, 6) is 0.900. The van der Waals surface area contributed by atoms with E-state index < -0.39 is 0 Å². The number of hydrogen-bond acceptors (Lipinski definition) is 3. The van der Waals surface area contributed by atoms with Crippen molar-refractivity contribution in [2.75, 3.05) is 12.3 Å². The van der Waals surface area contributed by atoms with Crippen LogP contribution in [0.25, 0.3) is 0 Å². The van der Waals surface area contributed by atoms with Gasteiger partial charge in [0.2, 0.25) is 0 Å². The highest BCUT2D eigenvalue weighted by Gasteiger charge is 2.10. The Labute approximate surface area is 102 Å². The van der Waals surface area contributed by atoms with Crippen LogP contribution in [0.5, 0.6) is 5.75 Å². The first-order chi connectivity index (χ1) is 7.99. The Morgan fingerprint density at radius 3 is 2.71 bits per heavy atom. The summed E-state index contributed by atoms with van der Waals surface area (Å²) in [6, 6.07) is 7.17. The lowest BCUT2D eigenvalue weighted by atomic mass is 10.1. The minimum atomic E-state index is -0.117. The molecule has 17 heavy (non-hydrogen) atoms. The maximum atomic E-state index is 11.5. The normalized spacial score (nSPS) is 12.2. The van der Waals surface area contributed by atoms with E-state index in [0.29, 0.717) is 17.4 Å². The number of rotatable bonds is 5. The molecule has 0 aliphatic rings. The van der Waals surface area contributed by atoms with E-state index in [1.807, 2.05) is 6.92 Å². The van der Waals surface area contributed by atoms with E-state index in [2.05, 4.69) is 19.2 Å². The summed E-state index contributed by atoms with van der Waals surface area (Å²) in [6.07, 6.45) is 0. The third-order valence-corrected chi connectivity index (χ3v) is 2.62. The van der Waals surface area contributed by atoms with Crippen molar-refractivity contribution >= 4 is 11.6 Å². The maximum absolute atomic E-state index is 11.5. The third kappa shape index (κ3) is 4.76. The molecule has 1 aromatic rings. The quantitative estimate of drug-likeness (QED) is 0.766. The summed E-state index contributed by atoms with van der Waals surface area (Å²) in [7, 11) is 0. The van der Waals surface area contributed by atoms with E-state index >= 15 is 0 Å². The zero-order valence-electron chi connectivity index (χ0n) is 10.6. The molecule has 0 heterocycles. The van der Waals surface area contributed by atoms with Crippen LogP contribution < -0.4 is 15.8 Å². The van der Waals surface area contributed by atoms with Gasteiger partial charge in [0.1, 0.15) is 5.75 Å². The minimum absolute atomic E-state index is 0.0144. The molecule has 1 amide bonds. The summed E-state index contributed by atoms with van der Waals surface area (Å²) in [5, 5.41) is 2.87. The molecule has 0 saturated heterocycles. The lowest BCUT2D eigenvalue weighted by molar-refractivity contribution is -0.124. The monoisotopic (exact) mass is 236 g/mol. The topological polar surface area (TPSA) is 64.3 Å². The van der Waals surface area contributed by atoms with Crippen molar-refractivity contribution in [1.82, 2.24) is 5.32 Å². The van der Waals surface area contributed by atoms with Gasteiger partial charge in [-0.15, -0.1) is 0 Å². The highest BCUT2D eigenvalue weighted by molar-refractivity contribution is 5.77. The number of carbonyl (C=O) groups excluding carboxylic acids is 1. The van der Waals surface area contributed by atoms with Gasteiger partial charge >= 0.3 is 0 Å². The SMILES string of the molecule is CC(C)C(C)NC(=O)COc1cccc(N)c1. The maximum Gasteiger partial charge on any atom is 0.258 e. The van der Waals surface area contributed by atoms with Crippen LogP contribution in [0.4, 0.5) is 5.69 Å². The predicted molar refractivity (Wildman–Crippen MR) is 68.8 cm³/mol. The fraction of sp³-hybridized carbons (Fsp3) is 0.462. The van der Waals surface area contributed by atoms with Crippen molar-refractivity contribution < 1.29 is 9.53 Å². The number of anilines is 1. The van der Waals surface area contributed by atoms with Gasteiger partial charge in [-0.1, -0.05) is 19.9 Å². The second-order valence-corrected chi connectivity index (χ2v) is 4.46. The van der Waals surface area contributed by atoms with Gasteiger partial charge in [-0.3, -0.25) is 4.79 Å². The number of nitrogens with two attached hydrogens (primary N) is 1. The second-order valence-electron chi connectivity index (χ2n) is 4.46. The van der Waals surface area contributed by atoms with Gasteiger partial charge < -0.3 is 15.8 Å². The van der Waals surface area contributed by atoms with Gasteiger partial charge in [0.15, 0.2) is 6.61 Å².